The zero-order chi connectivity index (χ0) is 22.5. The second-order valence-corrected chi connectivity index (χ2v) is 10.0. The summed E-state index contributed by atoms with van der Waals surface area (Å²) < 4.78 is 31.6. The van der Waals surface area contributed by atoms with Crippen LogP contribution in [0, 0.1) is 0 Å². The van der Waals surface area contributed by atoms with Gasteiger partial charge in [-0.15, -0.1) is 0 Å². The molecule has 2 amide bonds. The first-order valence-corrected chi connectivity index (χ1v) is 11.8. The zero-order valence-electron chi connectivity index (χ0n) is 17.9. The number of likely N-dealkylation sites (N-methyl/N-ethyl adjacent to an activating group) is 1. The van der Waals surface area contributed by atoms with Gasteiger partial charge < -0.3 is 14.5 Å². The molecule has 0 aromatic heterocycles. The number of benzene rings is 2. The Labute approximate surface area is 182 Å². The van der Waals surface area contributed by atoms with Crippen LogP contribution in [0.2, 0.25) is 0 Å². The minimum atomic E-state index is -3.40. The van der Waals surface area contributed by atoms with Gasteiger partial charge in [0.15, 0.2) is 6.10 Å². The van der Waals surface area contributed by atoms with Gasteiger partial charge in [0, 0.05) is 25.7 Å². The highest BCUT2D eigenvalue weighted by molar-refractivity contribution is 7.92. The van der Waals surface area contributed by atoms with E-state index < -0.39 is 16.1 Å². The van der Waals surface area contributed by atoms with E-state index in [-0.39, 0.29) is 24.4 Å². The number of hydrogen-bond donors (Lipinski definition) is 0. The van der Waals surface area contributed by atoms with E-state index >= 15 is 0 Å². The molecule has 0 fully saturated rings. The maximum Gasteiger partial charge on any atom is 0.265 e. The van der Waals surface area contributed by atoms with Crippen LogP contribution in [0.4, 0.5) is 11.4 Å². The van der Waals surface area contributed by atoms with E-state index in [1.165, 1.54) is 15.5 Å². The summed E-state index contributed by atoms with van der Waals surface area (Å²) in [6, 6.07) is 12.0. The SMILES string of the molecule is C[C@@H]1Cc2cc(C(=O)N3C[C@@H](C(=O)N(C)C)Oc4ccccc43)ccc2N1S(C)(=O)=O. The molecule has 2 atom stereocenters. The smallest absolute Gasteiger partial charge is 0.265 e. The molecule has 4 rings (SSSR count). The Bertz CT molecular complexity index is 1160. The lowest BCUT2D eigenvalue weighted by atomic mass is 10.0. The molecule has 164 valence electrons. The summed E-state index contributed by atoms with van der Waals surface area (Å²) in [6.07, 6.45) is 0.916. The van der Waals surface area contributed by atoms with Crippen molar-refractivity contribution in [1.82, 2.24) is 4.90 Å². The van der Waals surface area contributed by atoms with Gasteiger partial charge in [-0.2, -0.15) is 0 Å². The molecule has 2 aromatic rings. The Morgan fingerprint density at radius 2 is 1.81 bits per heavy atom. The minimum Gasteiger partial charge on any atom is -0.476 e. The standard InChI is InChI=1S/C22H25N3O5S/c1-14-11-16-12-15(9-10-17(16)25(14)31(4,28)29)21(26)24-13-20(22(27)23(2)3)30-19-8-6-5-7-18(19)24/h5-10,12,14,20H,11,13H2,1-4H3/t14-,20+/m1/s1. The van der Waals surface area contributed by atoms with Crippen molar-refractivity contribution in [1.29, 1.82) is 0 Å². The molecular weight excluding hydrogens is 418 g/mol. The fourth-order valence-electron chi connectivity index (χ4n) is 4.24. The second kappa shape index (κ2) is 7.56. The number of carbonyl (C=O) groups excluding carboxylic acids is 2. The second-order valence-electron chi connectivity index (χ2n) is 8.18. The summed E-state index contributed by atoms with van der Waals surface area (Å²) in [7, 11) is -0.112. The van der Waals surface area contributed by atoms with Crippen LogP contribution in [0.15, 0.2) is 42.5 Å². The molecule has 0 N–H and O–H groups in total. The van der Waals surface area contributed by atoms with Gasteiger partial charge in [-0.25, -0.2) is 8.42 Å². The lowest BCUT2D eigenvalue weighted by Crippen LogP contribution is -2.50. The third-order valence-corrected chi connectivity index (χ3v) is 6.84. The van der Waals surface area contributed by atoms with Crippen molar-refractivity contribution < 1.29 is 22.7 Å². The summed E-state index contributed by atoms with van der Waals surface area (Å²) in [6.45, 7) is 1.94. The fraction of sp³-hybridized carbons (Fsp3) is 0.364. The Kier molecular flexibility index (Phi) is 5.17. The van der Waals surface area contributed by atoms with E-state index in [2.05, 4.69) is 0 Å². The molecule has 0 saturated heterocycles. The molecule has 2 aromatic carbocycles. The van der Waals surface area contributed by atoms with Gasteiger partial charge in [-0.05, 0) is 49.2 Å². The van der Waals surface area contributed by atoms with E-state index in [4.69, 9.17) is 4.74 Å². The molecule has 0 bridgehead atoms. The highest BCUT2D eigenvalue weighted by Gasteiger charge is 2.36. The van der Waals surface area contributed by atoms with Gasteiger partial charge in [-0.3, -0.25) is 13.9 Å². The number of para-hydroxylation sites is 2. The van der Waals surface area contributed by atoms with Crippen LogP contribution in [0.3, 0.4) is 0 Å². The molecule has 9 heteroatoms. The molecule has 0 unspecified atom stereocenters. The number of rotatable bonds is 3. The molecular formula is C22H25N3O5S. The topological polar surface area (TPSA) is 87.2 Å². The molecule has 0 radical (unpaired) electrons. The molecule has 2 aliphatic rings. The fourth-order valence-corrected chi connectivity index (χ4v) is 5.50. The van der Waals surface area contributed by atoms with Gasteiger partial charge in [-0.1, -0.05) is 12.1 Å². The summed E-state index contributed by atoms with van der Waals surface area (Å²) in [4.78, 5) is 29.0. The largest absolute Gasteiger partial charge is 0.476 e. The average Bonchev–Trinajstić information content (AvgIpc) is 3.06. The molecule has 31 heavy (non-hydrogen) atoms. The first-order chi connectivity index (χ1) is 14.6. The monoisotopic (exact) mass is 443 g/mol. The van der Waals surface area contributed by atoms with Crippen molar-refractivity contribution in [2.24, 2.45) is 0 Å². The number of nitrogens with zero attached hydrogens (tertiary/aromatic N) is 3. The number of fused-ring (bicyclic) bond motifs is 2. The van der Waals surface area contributed by atoms with Gasteiger partial charge in [0.05, 0.1) is 24.2 Å². The Balaban J connectivity index is 1.70. The number of amides is 2. The van der Waals surface area contributed by atoms with Gasteiger partial charge >= 0.3 is 0 Å². The van der Waals surface area contributed by atoms with E-state index in [0.29, 0.717) is 29.1 Å². The maximum absolute atomic E-state index is 13.5. The van der Waals surface area contributed by atoms with Crippen LogP contribution in [-0.2, 0) is 21.2 Å². The van der Waals surface area contributed by atoms with E-state index in [1.807, 2.05) is 13.0 Å². The number of ether oxygens (including phenoxy) is 1. The maximum atomic E-state index is 13.5. The minimum absolute atomic E-state index is 0.0931. The third-order valence-electron chi connectivity index (χ3n) is 5.57. The van der Waals surface area contributed by atoms with Crippen molar-refractivity contribution in [2.45, 2.75) is 25.5 Å². The number of sulfonamides is 1. The van der Waals surface area contributed by atoms with Gasteiger partial charge in [0.1, 0.15) is 5.75 Å². The average molecular weight is 444 g/mol. The zero-order valence-corrected chi connectivity index (χ0v) is 18.7. The summed E-state index contributed by atoms with van der Waals surface area (Å²) in [5, 5.41) is 0. The normalized spacial score (nSPS) is 20.0. The van der Waals surface area contributed by atoms with Crippen molar-refractivity contribution in [3.63, 3.8) is 0 Å². The molecule has 8 nitrogen and oxygen atoms in total. The Morgan fingerprint density at radius 3 is 2.48 bits per heavy atom. The molecule has 0 spiro atoms. The van der Waals surface area contributed by atoms with Gasteiger partial charge in [0.25, 0.3) is 11.8 Å². The van der Waals surface area contributed by atoms with Crippen LogP contribution in [-0.4, -0.2) is 64.2 Å². The van der Waals surface area contributed by atoms with Crippen LogP contribution < -0.4 is 13.9 Å². The van der Waals surface area contributed by atoms with E-state index in [9.17, 15) is 18.0 Å². The quantitative estimate of drug-likeness (QED) is 0.723. The predicted octanol–water partition coefficient (Wildman–Crippen LogP) is 1.89. The number of hydrogen-bond acceptors (Lipinski definition) is 5. The highest BCUT2D eigenvalue weighted by Crippen LogP contribution is 2.37. The van der Waals surface area contributed by atoms with Crippen LogP contribution in [0.1, 0.15) is 22.8 Å². The number of carbonyl (C=O) groups is 2. The summed E-state index contributed by atoms with van der Waals surface area (Å²) in [5.74, 6) is -0.0141. The van der Waals surface area contributed by atoms with E-state index in [0.717, 1.165) is 5.56 Å². The summed E-state index contributed by atoms with van der Waals surface area (Å²) in [5.41, 5.74) is 2.46. The Hall–Kier alpha value is -3.07. The first-order valence-electron chi connectivity index (χ1n) is 9.99. The van der Waals surface area contributed by atoms with Crippen LogP contribution >= 0.6 is 0 Å². The van der Waals surface area contributed by atoms with Crippen molar-refractivity contribution in [3.05, 3.63) is 53.6 Å². The van der Waals surface area contributed by atoms with Crippen LogP contribution in [0.5, 0.6) is 5.75 Å². The molecule has 2 heterocycles. The third kappa shape index (κ3) is 3.74. The molecule has 0 aliphatic carbocycles. The van der Waals surface area contributed by atoms with Crippen molar-refractivity contribution >= 4 is 33.2 Å². The molecule has 2 aliphatic heterocycles. The van der Waals surface area contributed by atoms with Crippen molar-refractivity contribution in [2.75, 3.05) is 36.1 Å². The highest BCUT2D eigenvalue weighted by atomic mass is 32.2. The molecule has 0 saturated carbocycles. The Morgan fingerprint density at radius 1 is 1.10 bits per heavy atom. The van der Waals surface area contributed by atoms with Crippen LogP contribution in [0.25, 0.3) is 0 Å². The van der Waals surface area contributed by atoms with Crippen molar-refractivity contribution in [3.8, 4) is 5.75 Å². The number of anilines is 2. The van der Waals surface area contributed by atoms with E-state index in [1.54, 1.807) is 55.4 Å². The predicted molar refractivity (Wildman–Crippen MR) is 118 cm³/mol. The first kappa shape index (κ1) is 21.2. The lowest BCUT2D eigenvalue weighted by Gasteiger charge is -2.35. The lowest BCUT2D eigenvalue weighted by molar-refractivity contribution is -0.135. The van der Waals surface area contributed by atoms with Gasteiger partial charge in [0.2, 0.25) is 10.0 Å². The summed E-state index contributed by atoms with van der Waals surface area (Å²) >= 11 is 0.